The van der Waals surface area contributed by atoms with Gasteiger partial charge < -0.3 is 5.11 Å². The number of hydrogen-bond acceptors (Lipinski definition) is 1. The van der Waals surface area contributed by atoms with Crippen LogP contribution in [0.15, 0.2) is 78.9 Å². The Labute approximate surface area is 153 Å². The lowest BCUT2D eigenvalue weighted by Gasteiger charge is -2.04. The molecule has 0 bridgehead atoms. The number of carbonyl (C=O) groups is 1. The topological polar surface area (TPSA) is 37.3 Å². The zero-order chi connectivity index (χ0) is 18.4. The minimum Gasteiger partial charge on any atom is -0.478 e. The van der Waals surface area contributed by atoms with E-state index in [1.165, 1.54) is 16.7 Å². The second kappa shape index (κ2) is 8.00. The molecule has 0 radical (unpaired) electrons. The monoisotopic (exact) mass is 338 g/mol. The van der Waals surface area contributed by atoms with Gasteiger partial charge in [0.05, 0.1) is 5.56 Å². The summed E-state index contributed by atoms with van der Waals surface area (Å²) in [5.74, 6) is 5.06. The zero-order valence-corrected chi connectivity index (χ0v) is 14.4. The van der Waals surface area contributed by atoms with E-state index in [9.17, 15) is 4.79 Å². The number of benzene rings is 3. The molecule has 0 amide bonds. The average Bonchev–Trinajstić information content (AvgIpc) is 2.66. The van der Waals surface area contributed by atoms with Crippen molar-refractivity contribution in [1.82, 2.24) is 0 Å². The van der Waals surface area contributed by atoms with Gasteiger partial charge in [-0.1, -0.05) is 59.9 Å². The van der Waals surface area contributed by atoms with Crippen molar-refractivity contribution < 1.29 is 9.90 Å². The third-order valence-corrected chi connectivity index (χ3v) is 3.95. The molecule has 3 rings (SSSR count). The van der Waals surface area contributed by atoms with Crippen LogP contribution in [0, 0.1) is 18.8 Å². The summed E-state index contributed by atoms with van der Waals surface area (Å²) in [6.45, 7) is 2.09. The number of carboxylic acid groups (broad SMARTS) is 1. The molecule has 0 heterocycles. The van der Waals surface area contributed by atoms with E-state index in [1.807, 2.05) is 18.2 Å². The predicted octanol–water partition coefficient (Wildman–Crippen LogP) is 5.43. The van der Waals surface area contributed by atoms with Crippen LogP contribution in [0.3, 0.4) is 0 Å². The van der Waals surface area contributed by atoms with Gasteiger partial charge in [0, 0.05) is 5.56 Å². The number of rotatable bonds is 3. The van der Waals surface area contributed by atoms with E-state index in [-0.39, 0.29) is 5.56 Å². The molecular formula is C24H18O2. The van der Waals surface area contributed by atoms with Crippen molar-refractivity contribution in [3.05, 3.63) is 101 Å². The fourth-order valence-corrected chi connectivity index (χ4v) is 2.61. The Hall–Kier alpha value is -3.57. The molecule has 0 saturated heterocycles. The summed E-state index contributed by atoms with van der Waals surface area (Å²) in [6, 6.07) is 23.3. The molecule has 3 aromatic rings. The van der Waals surface area contributed by atoms with Gasteiger partial charge in [-0.2, -0.15) is 0 Å². The summed E-state index contributed by atoms with van der Waals surface area (Å²) >= 11 is 0. The second-order valence-electron chi connectivity index (χ2n) is 5.98. The van der Waals surface area contributed by atoms with Gasteiger partial charge in [0.15, 0.2) is 0 Å². The van der Waals surface area contributed by atoms with Crippen LogP contribution >= 0.6 is 0 Å². The van der Waals surface area contributed by atoms with Gasteiger partial charge in [-0.05, 0) is 66.1 Å². The summed E-state index contributed by atoms with van der Waals surface area (Å²) in [5, 5.41) is 8.89. The molecule has 1 N–H and O–H groups in total. The number of allylic oxidation sites excluding steroid dienone is 1. The van der Waals surface area contributed by atoms with E-state index < -0.39 is 5.97 Å². The predicted molar refractivity (Wildman–Crippen MR) is 106 cm³/mol. The molecule has 2 heteroatoms. The van der Waals surface area contributed by atoms with Gasteiger partial charge in [0.1, 0.15) is 0 Å². The molecule has 26 heavy (non-hydrogen) atoms. The highest BCUT2D eigenvalue weighted by molar-refractivity contribution is 5.87. The van der Waals surface area contributed by atoms with Crippen LogP contribution in [0.1, 0.15) is 27.0 Å². The molecule has 126 valence electrons. The van der Waals surface area contributed by atoms with E-state index in [4.69, 9.17) is 5.11 Å². The molecule has 3 aromatic carbocycles. The first-order valence-electron chi connectivity index (χ1n) is 8.30. The number of hydrogen-bond donors (Lipinski definition) is 1. The highest BCUT2D eigenvalue weighted by Gasteiger charge is 2.00. The number of aromatic carboxylic acids is 1. The Morgan fingerprint density at radius 1 is 0.923 bits per heavy atom. The standard InChI is InChI=1S/C24H18O2/c1-18-6-4-10-22(16-18)23-11-5-9-20(17-23)8-3-2-7-19-12-14-21(15-13-19)24(25)26/h3-6,8-17H,1H3,(H,25,26). The van der Waals surface area contributed by atoms with Crippen LogP contribution in [-0.4, -0.2) is 11.1 Å². The van der Waals surface area contributed by atoms with Crippen molar-refractivity contribution >= 4 is 12.0 Å². The first-order chi connectivity index (χ1) is 12.6. The Morgan fingerprint density at radius 3 is 2.31 bits per heavy atom. The number of aryl methyl sites for hydroxylation is 1. The van der Waals surface area contributed by atoms with Crippen LogP contribution in [0.2, 0.25) is 0 Å². The number of carboxylic acids is 1. The molecular weight excluding hydrogens is 320 g/mol. The van der Waals surface area contributed by atoms with E-state index >= 15 is 0 Å². The lowest BCUT2D eigenvalue weighted by Crippen LogP contribution is -1.94. The fourth-order valence-electron chi connectivity index (χ4n) is 2.61. The van der Waals surface area contributed by atoms with Crippen molar-refractivity contribution in [3.63, 3.8) is 0 Å². The van der Waals surface area contributed by atoms with Crippen molar-refractivity contribution in [2.45, 2.75) is 6.92 Å². The minimum absolute atomic E-state index is 0.263. The summed E-state index contributed by atoms with van der Waals surface area (Å²) in [7, 11) is 0. The average molecular weight is 338 g/mol. The fraction of sp³-hybridized carbons (Fsp3) is 0.0417. The van der Waals surface area contributed by atoms with E-state index in [1.54, 1.807) is 30.3 Å². The molecule has 0 fully saturated rings. The molecule has 2 nitrogen and oxygen atoms in total. The Balaban J connectivity index is 1.73. The quantitative estimate of drug-likeness (QED) is 0.647. The Kier molecular flexibility index (Phi) is 5.31. The lowest BCUT2D eigenvalue weighted by molar-refractivity contribution is 0.0697. The van der Waals surface area contributed by atoms with E-state index in [0.29, 0.717) is 0 Å². The van der Waals surface area contributed by atoms with Crippen LogP contribution in [-0.2, 0) is 0 Å². The van der Waals surface area contributed by atoms with Gasteiger partial charge >= 0.3 is 5.97 Å². The zero-order valence-electron chi connectivity index (χ0n) is 14.4. The van der Waals surface area contributed by atoms with E-state index in [0.717, 1.165) is 11.1 Å². The third kappa shape index (κ3) is 4.49. The van der Waals surface area contributed by atoms with Crippen molar-refractivity contribution in [3.8, 4) is 23.0 Å². The molecule has 0 spiro atoms. The van der Waals surface area contributed by atoms with Crippen molar-refractivity contribution in [2.24, 2.45) is 0 Å². The normalized spacial score (nSPS) is 10.3. The molecule has 0 aromatic heterocycles. The summed E-state index contributed by atoms with van der Waals surface area (Å²) < 4.78 is 0. The Bertz CT molecular complexity index is 1020. The molecule has 0 saturated carbocycles. The first kappa shape index (κ1) is 17.3. The maximum Gasteiger partial charge on any atom is 0.335 e. The summed E-state index contributed by atoms with van der Waals surface area (Å²) in [5.41, 5.74) is 5.74. The largest absolute Gasteiger partial charge is 0.478 e. The first-order valence-corrected chi connectivity index (χ1v) is 8.30. The summed E-state index contributed by atoms with van der Waals surface area (Å²) in [6.07, 6.45) is 3.78. The third-order valence-electron chi connectivity index (χ3n) is 3.95. The Morgan fingerprint density at radius 2 is 1.62 bits per heavy atom. The van der Waals surface area contributed by atoms with Gasteiger partial charge in [-0.3, -0.25) is 0 Å². The summed E-state index contributed by atoms with van der Waals surface area (Å²) in [4.78, 5) is 10.8. The molecule has 0 atom stereocenters. The minimum atomic E-state index is -0.933. The van der Waals surface area contributed by atoms with Crippen molar-refractivity contribution in [2.75, 3.05) is 0 Å². The van der Waals surface area contributed by atoms with Crippen LogP contribution in [0.5, 0.6) is 0 Å². The molecule has 0 aliphatic carbocycles. The smallest absolute Gasteiger partial charge is 0.335 e. The maximum absolute atomic E-state index is 10.8. The van der Waals surface area contributed by atoms with Crippen LogP contribution in [0.4, 0.5) is 0 Å². The van der Waals surface area contributed by atoms with Crippen LogP contribution < -0.4 is 0 Å². The highest BCUT2D eigenvalue weighted by atomic mass is 16.4. The van der Waals surface area contributed by atoms with Crippen LogP contribution in [0.25, 0.3) is 17.2 Å². The van der Waals surface area contributed by atoms with E-state index in [2.05, 4.69) is 55.2 Å². The maximum atomic E-state index is 10.8. The van der Waals surface area contributed by atoms with Gasteiger partial charge in [-0.15, -0.1) is 0 Å². The van der Waals surface area contributed by atoms with Crippen molar-refractivity contribution in [1.29, 1.82) is 0 Å². The lowest BCUT2D eigenvalue weighted by atomic mass is 10.0. The molecule has 0 aliphatic rings. The van der Waals surface area contributed by atoms with Gasteiger partial charge in [0.2, 0.25) is 0 Å². The molecule has 0 aliphatic heterocycles. The van der Waals surface area contributed by atoms with Gasteiger partial charge in [-0.25, -0.2) is 4.79 Å². The molecule has 0 unspecified atom stereocenters. The highest BCUT2D eigenvalue weighted by Crippen LogP contribution is 2.21. The van der Waals surface area contributed by atoms with Gasteiger partial charge in [0.25, 0.3) is 0 Å². The second-order valence-corrected chi connectivity index (χ2v) is 5.98. The SMILES string of the molecule is Cc1cccc(-c2cccc(C=CC#Cc3ccc(C(=O)O)cc3)c2)c1.